The van der Waals surface area contributed by atoms with Gasteiger partial charge in [0.1, 0.15) is 5.75 Å². The molecule has 0 aliphatic carbocycles. The highest BCUT2D eigenvalue weighted by molar-refractivity contribution is 6.09. The van der Waals surface area contributed by atoms with Crippen LogP contribution in [0.3, 0.4) is 0 Å². The Bertz CT molecular complexity index is 1040. The van der Waals surface area contributed by atoms with Crippen molar-refractivity contribution in [1.29, 1.82) is 0 Å². The first-order valence-corrected chi connectivity index (χ1v) is 7.72. The highest BCUT2D eigenvalue weighted by Crippen LogP contribution is 2.23. The molecule has 1 heterocycles. The van der Waals surface area contributed by atoms with Crippen molar-refractivity contribution in [1.82, 2.24) is 4.98 Å². The number of benzene rings is 2. The van der Waals surface area contributed by atoms with Gasteiger partial charge in [-0.25, -0.2) is 14.6 Å². The summed E-state index contributed by atoms with van der Waals surface area (Å²) in [6.07, 6.45) is 3.55. The van der Waals surface area contributed by atoms with Crippen LogP contribution in [0.5, 0.6) is 5.75 Å². The summed E-state index contributed by atoms with van der Waals surface area (Å²) in [4.78, 5) is 27.1. The molecule has 0 spiro atoms. The molecule has 3 aromatic rings. The zero-order valence-corrected chi connectivity index (χ0v) is 13.8. The van der Waals surface area contributed by atoms with E-state index in [9.17, 15) is 19.8 Å². The van der Waals surface area contributed by atoms with Crippen LogP contribution in [-0.2, 0) is 0 Å². The molecule has 26 heavy (non-hydrogen) atoms. The summed E-state index contributed by atoms with van der Waals surface area (Å²) in [5, 5.41) is 18.9. The highest BCUT2D eigenvalue weighted by atomic mass is 16.5. The van der Waals surface area contributed by atoms with E-state index in [2.05, 4.69) is 4.98 Å². The zero-order valence-electron chi connectivity index (χ0n) is 13.8. The van der Waals surface area contributed by atoms with E-state index in [1.165, 1.54) is 12.1 Å². The largest absolute Gasteiger partial charge is 0.497 e. The van der Waals surface area contributed by atoms with Crippen LogP contribution < -0.4 is 4.74 Å². The molecule has 0 saturated carbocycles. The molecule has 0 atom stereocenters. The number of carbonyl (C=O) groups is 2. The zero-order chi connectivity index (χ0) is 18.7. The summed E-state index contributed by atoms with van der Waals surface area (Å²) < 4.78 is 5.17. The summed E-state index contributed by atoms with van der Waals surface area (Å²) in [7, 11) is 1.58. The van der Waals surface area contributed by atoms with Gasteiger partial charge in [0.15, 0.2) is 0 Å². The Morgan fingerprint density at radius 2 is 1.69 bits per heavy atom. The third-order valence-electron chi connectivity index (χ3n) is 3.88. The van der Waals surface area contributed by atoms with E-state index in [0.717, 1.165) is 11.3 Å². The first-order valence-electron chi connectivity index (χ1n) is 7.72. The molecule has 1 aromatic heterocycles. The van der Waals surface area contributed by atoms with E-state index < -0.39 is 11.9 Å². The minimum atomic E-state index is -1.16. The second-order valence-corrected chi connectivity index (χ2v) is 5.51. The molecule has 2 aromatic carbocycles. The lowest BCUT2D eigenvalue weighted by atomic mass is 10.0. The van der Waals surface area contributed by atoms with Crippen molar-refractivity contribution in [3.8, 4) is 5.75 Å². The predicted molar refractivity (Wildman–Crippen MR) is 97.6 cm³/mol. The number of rotatable bonds is 5. The molecular formula is C20H15NO5. The van der Waals surface area contributed by atoms with Crippen molar-refractivity contribution in [3.05, 3.63) is 70.9 Å². The number of methoxy groups -OCH3 is 1. The lowest BCUT2D eigenvalue weighted by Crippen LogP contribution is -2.04. The van der Waals surface area contributed by atoms with Gasteiger partial charge in [-0.3, -0.25) is 0 Å². The van der Waals surface area contributed by atoms with Crippen LogP contribution in [0.25, 0.3) is 23.1 Å². The van der Waals surface area contributed by atoms with Crippen LogP contribution in [0.1, 0.15) is 32.0 Å². The number of carboxylic acid groups (broad SMARTS) is 2. The Morgan fingerprint density at radius 1 is 0.962 bits per heavy atom. The SMILES string of the molecule is COc1cccc(/C=C/c2ccc3c(C(=O)O)ccc(C(=O)O)c3n2)c1. The van der Waals surface area contributed by atoms with Crippen LogP contribution in [0.4, 0.5) is 0 Å². The van der Waals surface area contributed by atoms with Crippen molar-refractivity contribution >= 4 is 35.0 Å². The molecule has 0 bridgehead atoms. The monoisotopic (exact) mass is 349 g/mol. The molecule has 6 heteroatoms. The predicted octanol–water partition coefficient (Wildman–Crippen LogP) is 3.81. The molecule has 6 nitrogen and oxygen atoms in total. The smallest absolute Gasteiger partial charge is 0.337 e. The summed E-state index contributed by atoms with van der Waals surface area (Å²) in [6, 6.07) is 13.2. The fourth-order valence-corrected chi connectivity index (χ4v) is 2.61. The van der Waals surface area contributed by atoms with Gasteiger partial charge in [-0.1, -0.05) is 18.2 Å². The van der Waals surface area contributed by atoms with Gasteiger partial charge >= 0.3 is 11.9 Å². The maximum absolute atomic E-state index is 11.4. The molecule has 0 unspecified atom stereocenters. The van der Waals surface area contributed by atoms with Crippen molar-refractivity contribution in [2.45, 2.75) is 0 Å². The normalized spacial score (nSPS) is 11.0. The molecule has 2 N–H and O–H groups in total. The standard InChI is InChI=1S/C20H15NO5/c1-26-14-4-2-3-12(11-14)5-6-13-7-8-15-16(19(22)23)9-10-17(20(24)25)18(15)21-13/h2-11H,1H3,(H,22,23)(H,24,25)/b6-5+. The lowest BCUT2D eigenvalue weighted by Gasteiger charge is -2.06. The van der Waals surface area contributed by atoms with Crippen LogP contribution in [0, 0.1) is 0 Å². The van der Waals surface area contributed by atoms with Gasteiger partial charge in [-0.2, -0.15) is 0 Å². The van der Waals surface area contributed by atoms with E-state index in [-0.39, 0.29) is 22.0 Å². The van der Waals surface area contributed by atoms with Crippen molar-refractivity contribution in [3.63, 3.8) is 0 Å². The van der Waals surface area contributed by atoms with E-state index >= 15 is 0 Å². The number of fused-ring (bicyclic) bond motifs is 1. The van der Waals surface area contributed by atoms with Gasteiger partial charge in [-0.05, 0) is 48.0 Å². The maximum Gasteiger partial charge on any atom is 0.337 e. The van der Waals surface area contributed by atoms with Crippen LogP contribution >= 0.6 is 0 Å². The quantitative estimate of drug-likeness (QED) is 0.727. The van der Waals surface area contributed by atoms with E-state index in [0.29, 0.717) is 5.69 Å². The molecule has 0 fully saturated rings. The van der Waals surface area contributed by atoms with Crippen molar-refractivity contribution < 1.29 is 24.5 Å². The van der Waals surface area contributed by atoms with E-state index in [4.69, 9.17) is 4.74 Å². The summed E-state index contributed by atoms with van der Waals surface area (Å²) in [6.45, 7) is 0. The second kappa shape index (κ2) is 7.06. The molecule has 3 rings (SSSR count). The van der Waals surface area contributed by atoms with E-state index in [1.54, 1.807) is 25.3 Å². The summed E-state index contributed by atoms with van der Waals surface area (Å²) >= 11 is 0. The number of nitrogens with zero attached hydrogens (tertiary/aromatic N) is 1. The Labute approximate surface area is 149 Å². The van der Waals surface area contributed by atoms with Gasteiger partial charge in [0, 0.05) is 5.39 Å². The van der Waals surface area contributed by atoms with Gasteiger partial charge < -0.3 is 14.9 Å². The Morgan fingerprint density at radius 3 is 2.38 bits per heavy atom. The average molecular weight is 349 g/mol. The minimum absolute atomic E-state index is 0.0147. The fourth-order valence-electron chi connectivity index (χ4n) is 2.61. The number of ether oxygens (including phenoxy) is 1. The fraction of sp³-hybridized carbons (Fsp3) is 0.0500. The first-order chi connectivity index (χ1) is 12.5. The molecule has 0 radical (unpaired) electrons. The highest BCUT2D eigenvalue weighted by Gasteiger charge is 2.16. The molecule has 0 amide bonds. The van der Waals surface area contributed by atoms with E-state index in [1.807, 2.05) is 30.3 Å². The Hall–Kier alpha value is -3.67. The van der Waals surface area contributed by atoms with Crippen LogP contribution in [0.2, 0.25) is 0 Å². The Balaban J connectivity index is 2.07. The van der Waals surface area contributed by atoms with Gasteiger partial charge in [0.25, 0.3) is 0 Å². The molecule has 0 aliphatic rings. The van der Waals surface area contributed by atoms with Gasteiger partial charge in [-0.15, -0.1) is 0 Å². The second-order valence-electron chi connectivity index (χ2n) is 5.51. The number of carboxylic acids is 2. The topological polar surface area (TPSA) is 96.7 Å². The molecule has 130 valence electrons. The molecule has 0 saturated heterocycles. The molecule has 0 aliphatic heterocycles. The van der Waals surface area contributed by atoms with Crippen molar-refractivity contribution in [2.24, 2.45) is 0 Å². The lowest BCUT2D eigenvalue weighted by molar-refractivity contribution is 0.0684. The van der Waals surface area contributed by atoms with Crippen molar-refractivity contribution in [2.75, 3.05) is 7.11 Å². The number of pyridine rings is 1. The summed E-state index contributed by atoms with van der Waals surface area (Å²) in [5.41, 5.74) is 1.53. The molecular weight excluding hydrogens is 334 g/mol. The third-order valence-corrected chi connectivity index (χ3v) is 3.88. The minimum Gasteiger partial charge on any atom is -0.497 e. The number of hydrogen-bond donors (Lipinski definition) is 2. The summed E-state index contributed by atoms with van der Waals surface area (Å²) in [5.74, 6) is -1.57. The van der Waals surface area contributed by atoms with Crippen LogP contribution in [0.15, 0.2) is 48.5 Å². The maximum atomic E-state index is 11.4. The number of aromatic nitrogens is 1. The van der Waals surface area contributed by atoms with Gasteiger partial charge in [0.05, 0.1) is 29.4 Å². The van der Waals surface area contributed by atoms with Crippen LogP contribution in [-0.4, -0.2) is 34.2 Å². The van der Waals surface area contributed by atoms with Gasteiger partial charge in [0.2, 0.25) is 0 Å². The first kappa shape index (κ1) is 17.2. The third kappa shape index (κ3) is 3.39. The Kier molecular flexibility index (Phi) is 4.66. The number of aromatic carboxylic acids is 2. The average Bonchev–Trinajstić information content (AvgIpc) is 2.65. The number of hydrogen-bond acceptors (Lipinski definition) is 4.